The van der Waals surface area contributed by atoms with Crippen molar-refractivity contribution >= 4 is 39.7 Å². The van der Waals surface area contributed by atoms with Gasteiger partial charge in [0.05, 0.1) is 23.4 Å². The van der Waals surface area contributed by atoms with Crippen molar-refractivity contribution in [1.29, 1.82) is 0 Å². The Kier molecular flexibility index (Phi) is 5.56. The van der Waals surface area contributed by atoms with Crippen LogP contribution in [0.5, 0.6) is 0 Å². The molecular formula is C19H24N5O2S2+. The second kappa shape index (κ2) is 8.10. The molecule has 1 unspecified atom stereocenters. The zero-order valence-corrected chi connectivity index (χ0v) is 17.7. The third-order valence-electron chi connectivity index (χ3n) is 5.18. The summed E-state index contributed by atoms with van der Waals surface area (Å²) in [4.78, 5) is 18.1. The lowest BCUT2D eigenvalue weighted by atomic mass is 10.2. The summed E-state index contributed by atoms with van der Waals surface area (Å²) >= 11 is 7.34. The number of benzene rings is 1. The maximum Gasteiger partial charge on any atom is 0.313 e. The number of fused-ring (bicyclic) bond motifs is 1. The molecule has 3 aromatic rings. The van der Waals surface area contributed by atoms with Gasteiger partial charge in [-0.3, -0.25) is 4.79 Å². The standard InChI is InChI=1S/C19H23N5O2S2/c1-3-26-17(25)11-16-21-24(19(27)22(16)2)12-23-10-6-8-14(23)18-20-13-7-4-5-9-15(13)28-18/h4-5,7,9,14H,3,6,8,10-12H2,1-2H3/p+1/t14-/m1/s1. The minimum Gasteiger partial charge on any atom is -0.466 e. The van der Waals surface area contributed by atoms with Crippen LogP contribution in [0, 0.1) is 4.77 Å². The fourth-order valence-electron chi connectivity index (χ4n) is 3.76. The normalized spacial score (nSPS) is 19.4. The highest BCUT2D eigenvalue weighted by atomic mass is 32.1. The Bertz CT molecular complexity index is 1020. The van der Waals surface area contributed by atoms with Crippen molar-refractivity contribution in [3.63, 3.8) is 0 Å². The predicted molar refractivity (Wildman–Crippen MR) is 110 cm³/mol. The summed E-state index contributed by atoms with van der Waals surface area (Å²) in [5.41, 5.74) is 1.07. The number of nitrogens with one attached hydrogen (secondary N) is 1. The lowest BCUT2D eigenvalue weighted by Crippen LogP contribution is -3.09. The van der Waals surface area contributed by atoms with Crippen molar-refractivity contribution in [2.24, 2.45) is 7.05 Å². The molecule has 1 aliphatic rings. The largest absolute Gasteiger partial charge is 0.466 e. The first-order chi connectivity index (χ1) is 13.6. The Morgan fingerprint density at radius 3 is 3.04 bits per heavy atom. The molecule has 3 heterocycles. The molecule has 1 fully saturated rings. The number of hydrogen-bond donors (Lipinski definition) is 1. The van der Waals surface area contributed by atoms with E-state index in [2.05, 4.69) is 23.3 Å². The molecule has 0 radical (unpaired) electrons. The summed E-state index contributed by atoms with van der Waals surface area (Å²) in [5.74, 6) is 0.359. The van der Waals surface area contributed by atoms with Gasteiger partial charge in [-0.1, -0.05) is 12.1 Å². The van der Waals surface area contributed by atoms with Crippen molar-refractivity contribution in [3.8, 4) is 0 Å². The van der Waals surface area contributed by atoms with Gasteiger partial charge in [0, 0.05) is 19.9 Å². The average molecular weight is 419 g/mol. The van der Waals surface area contributed by atoms with E-state index in [0.29, 0.717) is 29.9 Å². The summed E-state index contributed by atoms with van der Waals surface area (Å²) in [7, 11) is 1.85. The second-order valence-electron chi connectivity index (χ2n) is 7.02. The first-order valence-electron chi connectivity index (χ1n) is 9.55. The number of ether oxygens (including phenoxy) is 1. The van der Waals surface area contributed by atoms with E-state index < -0.39 is 0 Å². The van der Waals surface area contributed by atoms with Crippen molar-refractivity contribution in [1.82, 2.24) is 19.3 Å². The van der Waals surface area contributed by atoms with E-state index in [1.54, 1.807) is 22.8 Å². The number of carbonyl (C=O) groups is 1. The third kappa shape index (κ3) is 3.74. The van der Waals surface area contributed by atoms with Crippen molar-refractivity contribution in [3.05, 3.63) is 39.9 Å². The monoisotopic (exact) mass is 418 g/mol. The zero-order valence-electron chi connectivity index (χ0n) is 16.1. The van der Waals surface area contributed by atoms with Crippen LogP contribution in [0.4, 0.5) is 0 Å². The summed E-state index contributed by atoms with van der Waals surface area (Å²) in [6, 6.07) is 8.64. The fraction of sp³-hybridized carbons (Fsp3) is 0.474. The fourth-order valence-corrected chi connectivity index (χ4v) is 5.13. The first kappa shape index (κ1) is 19.2. The zero-order chi connectivity index (χ0) is 19.7. The summed E-state index contributed by atoms with van der Waals surface area (Å²) < 4.78 is 10.5. The van der Waals surface area contributed by atoms with Gasteiger partial charge in [-0.2, -0.15) is 9.78 Å². The maximum absolute atomic E-state index is 11.8. The molecule has 0 bridgehead atoms. The molecule has 7 nitrogen and oxygen atoms in total. The number of quaternary nitrogens is 1. The Hall–Kier alpha value is -2.10. The van der Waals surface area contributed by atoms with E-state index >= 15 is 0 Å². The predicted octanol–water partition coefficient (Wildman–Crippen LogP) is 2.04. The van der Waals surface area contributed by atoms with Crippen LogP contribution in [0.2, 0.25) is 0 Å². The smallest absolute Gasteiger partial charge is 0.313 e. The number of thiazole rings is 1. The molecular weight excluding hydrogens is 394 g/mol. The van der Waals surface area contributed by atoms with Crippen LogP contribution in [0.1, 0.15) is 36.6 Å². The first-order valence-corrected chi connectivity index (χ1v) is 10.8. The van der Waals surface area contributed by atoms with E-state index in [-0.39, 0.29) is 12.4 Å². The molecule has 1 saturated heterocycles. The summed E-state index contributed by atoms with van der Waals surface area (Å²) in [5, 5.41) is 5.79. The lowest BCUT2D eigenvalue weighted by molar-refractivity contribution is -0.941. The van der Waals surface area contributed by atoms with Gasteiger partial charge in [-0.15, -0.1) is 11.3 Å². The van der Waals surface area contributed by atoms with Crippen LogP contribution in [0.15, 0.2) is 24.3 Å². The molecule has 1 aromatic carbocycles. The number of aromatic nitrogens is 4. The average Bonchev–Trinajstić information content (AvgIpc) is 3.37. The molecule has 1 N–H and O–H groups in total. The van der Waals surface area contributed by atoms with Crippen LogP contribution in [0.3, 0.4) is 0 Å². The van der Waals surface area contributed by atoms with Gasteiger partial charge in [0.2, 0.25) is 4.77 Å². The van der Waals surface area contributed by atoms with Crippen LogP contribution >= 0.6 is 23.6 Å². The lowest BCUT2D eigenvalue weighted by Gasteiger charge is -2.19. The van der Waals surface area contributed by atoms with Gasteiger partial charge in [-0.05, 0) is 31.3 Å². The van der Waals surface area contributed by atoms with E-state index in [9.17, 15) is 4.79 Å². The molecule has 4 rings (SSSR count). The van der Waals surface area contributed by atoms with Crippen molar-refractivity contribution in [2.45, 2.75) is 38.9 Å². The number of nitrogens with zero attached hydrogens (tertiary/aromatic N) is 4. The topological polar surface area (TPSA) is 66.4 Å². The van der Waals surface area contributed by atoms with Gasteiger partial charge in [0.1, 0.15) is 18.3 Å². The van der Waals surface area contributed by atoms with Crippen molar-refractivity contribution < 1.29 is 14.4 Å². The molecule has 0 aliphatic carbocycles. The number of rotatable bonds is 6. The third-order valence-corrected chi connectivity index (χ3v) is 6.82. The van der Waals surface area contributed by atoms with E-state index in [0.717, 1.165) is 24.9 Å². The van der Waals surface area contributed by atoms with Crippen molar-refractivity contribution in [2.75, 3.05) is 13.2 Å². The van der Waals surface area contributed by atoms with Gasteiger partial charge in [0.25, 0.3) is 0 Å². The van der Waals surface area contributed by atoms with Gasteiger partial charge in [0.15, 0.2) is 11.7 Å². The van der Waals surface area contributed by atoms with Gasteiger partial charge in [-0.25, -0.2) is 4.98 Å². The molecule has 148 valence electrons. The minimum atomic E-state index is -0.279. The number of para-hydroxylation sites is 1. The van der Waals surface area contributed by atoms with E-state index in [4.69, 9.17) is 21.9 Å². The molecule has 0 saturated carbocycles. The quantitative estimate of drug-likeness (QED) is 0.490. The highest BCUT2D eigenvalue weighted by Crippen LogP contribution is 2.28. The molecule has 9 heteroatoms. The molecule has 0 spiro atoms. The number of likely N-dealkylation sites (tertiary alicyclic amines) is 1. The van der Waals surface area contributed by atoms with E-state index in [1.807, 2.05) is 17.8 Å². The molecule has 0 amide bonds. The van der Waals surface area contributed by atoms with Crippen LogP contribution in [0.25, 0.3) is 10.2 Å². The number of hydrogen-bond acceptors (Lipinski definition) is 6. The highest BCUT2D eigenvalue weighted by Gasteiger charge is 2.33. The Balaban J connectivity index is 1.54. The maximum atomic E-state index is 11.8. The summed E-state index contributed by atoms with van der Waals surface area (Å²) in [6.45, 7) is 3.90. The van der Waals surface area contributed by atoms with Gasteiger partial charge >= 0.3 is 5.97 Å². The number of carbonyl (C=O) groups excluding carboxylic acids is 1. The molecule has 1 aliphatic heterocycles. The SMILES string of the molecule is CCOC(=O)Cc1nn(C[NH+]2CCC[C@@H]2c2nc3ccccc3s2)c(=S)n1C. The van der Waals surface area contributed by atoms with Crippen LogP contribution in [-0.2, 0) is 29.7 Å². The summed E-state index contributed by atoms with van der Waals surface area (Å²) in [6.07, 6.45) is 2.41. The van der Waals surface area contributed by atoms with Gasteiger partial charge < -0.3 is 14.2 Å². The van der Waals surface area contributed by atoms with Crippen LogP contribution < -0.4 is 4.90 Å². The van der Waals surface area contributed by atoms with E-state index in [1.165, 1.54) is 14.6 Å². The Morgan fingerprint density at radius 1 is 1.43 bits per heavy atom. The Morgan fingerprint density at radius 2 is 2.25 bits per heavy atom. The van der Waals surface area contributed by atoms with Crippen LogP contribution in [-0.4, -0.2) is 38.5 Å². The Labute approximate surface area is 172 Å². The molecule has 28 heavy (non-hydrogen) atoms. The number of esters is 1. The highest BCUT2D eigenvalue weighted by molar-refractivity contribution is 7.71. The molecule has 2 aromatic heterocycles. The molecule has 2 atom stereocenters. The second-order valence-corrected chi connectivity index (χ2v) is 8.45. The minimum absolute atomic E-state index is 0.137.